The number of anilines is 1. The van der Waals surface area contributed by atoms with Crippen molar-refractivity contribution < 1.29 is 28.6 Å². The second kappa shape index (κ2) is 16.5. The van der Waals surface area contributed by atoms with Crippen molar-refractivity contribution in [1.29, 1.82) is 0 Å². The van der Waals surface area contributed by atoms with Crippen LogP contribution in [0, 0.1) is 11.3 Å². The zero-order chi connectivity index (χ0) is 34.8. The van der Waals surface area contributed by atoms with Gasteiger partial charge in [0.2, 0.25) is 5.91 Å². The fraction of sp³-hybridized carbons (Fsp3) is 0.611. The minimum atomic E-state index is -1.25. The van der Waals surface area contributed by atoms with Gasteiger partial charge in [0.25, 0.3) is 0 Å². The Morgan fingerprint density at radius 1 is 0.979 bits per heavy atom. The third-order valence-electron chi connectivity index (χ3n) is 7.80. The van der Waals surface area contributed by atoms with Gasteiger partial charge in [-0.1, -0.05) is 40.4 Å². The molecule has 0 unspecified atom stereocenters. The van der Waals surface area contributed by atoms with Gasteiger partial charge in [0.15, 0.2) is 0 Å². The Kier molecular flexibility index (Phi) is 13.3. The summed E-state index contributed by atoms with van der Waals surface area (Å²) < 4.78 is 17.3. The van der Waals surface area contributed by atoms with Crippen LogP contribution in [0.5, 0.6) is 5.75 Å². The maximum atomic E-state index is 13.5. The van der Waals surface area contributed by atoms with E-state index in [0.717, 1.165) is 36.4 Å². The Balaban J connectivity index is 1.65. The van der Waals surface area contributed by atoms with Crippen LogP contribution in [0.1, 0.15) is 67.2 Å². The van der Waals surface area contributed by atoms with Crippen LogP contribution in [0.15, 0.2) is 42.7 Å². The molecule has 1 aromatic carbocycles. The molecule has 3 rings (SSSR count). The lowest BCUT2D eigenvalue weighted by Crippen LogP contribution is -2.47. The lowest BCUT2D eigenvalue weighted by Gasteiger charge is -2.31. The summed E-state index contributed by atoms with van der Waals surface area (Å²) in [6.45, 7) is 20.6. The molecule has 1 saturated heterocycles. The number of nitrogens with one attached hydrogen (secondary N) is 2. The Morgan fingerprint density at radius 2 is 1.64 bits per heavy atom. The van der Waals surface area contributed by atoms with E-state index >= 15 is 0 Å². The highest BCUT2D eigenvalue weighted by Gasteiger charge is 2.29. The maximum Gasteiger partial charge on any atom is 0.409 e. The first-order valence-corrected chi connectivity index (χ1v) is 20.5. The molecule has 1 atom stereocenters. The predicted octanol–water partition coefficient (Wildman–Crippen LogP) is 7.97. The number of likely N-dealkylation sites (tertiary alicyclic amines) is 1. The molecule has 1 aliphatic heterocycles. The number of nitrogens with zero attached hydrogens (tertiary/aromatic N) is 2. The fourth-order valence-corrected chi connectivity index (χ4v) is 5.98. The lowest BCUT2D eigenvalue weighted by atomic mass is 9.87. The SMILES string of the molecule is CC(C)(C)C[C@@H](NC(=O)OC(C)(C)C)C(=O)Nc1ccc(-c2ccncc2)c(OCCC2CCN(C(=O)OCC[Si](C)(C)C)CC2)c1. The van der Waals surface area contributed by atoms with E-state index in [1.807, 2.05) is 56.0 Å². The van der Waals surface area contributed by atoms with E-state index in [2.05, 4.69) is 35.3 Å². The number of pyridine rings is 1. The molecule has 260 valence electrons. The van der Waals surface area contributed by atoms with E-state index in [9.17, 15) is 14.4 Å². The van der Waals surface area contributed by atoms with Gasteiger partial charge in [-0.3, -0.25) is 9.78 Å². The van der Waals surface area contributed by atoms with Crippen molar-refractivity contribution in [2.45, 2.75) is 105 Å². The van der Waals surface area contributed by atoms with Gasteiger partial charge in [-0.15, -0.1) is 0 Å². The molecule has 0 saturated carbocycles. The smallest absolute Gasteiger partial charge is 0.409 e. The Hall–Kier alpha value is -3.60. The largest absolute Gasteiger partial charge is 0.493 e. The molecule has 2 aromatic rings. The summed E-state index contributed by atoms with van der Waals surface area (Å²) in [5.41, 5.74) is 1.50. The number of amides is 3. The summed E-state index contributed by atoms with van der Waals surface area (Å²) in [6.07, 6.45) is 5.70. The van der Waals surface area contributed by atoms with Crippen molar-refractivity contribution in [2.24, 2.45) is 11.3 Å². The standard InChI is InChI=1S/C36H56N4O6Si/c1-35(2,3)25-30(39-33(42)46-36(4,5)6)32(41)38-28-10-11-29(27-12-17-37-18-13-27)31(24-28)44-21-16-26-14-19-40(20-15-26)34(43)45-22-23-47(7,8)9/h10-13,17-18,24,26,30H,14-16,19-23,25H2,1-9H3,(H,38,41)(H,39,42)/t30-/m1/s1. The summed E-state index contributed by atoms with van der Waals surface area (Å²) >= 11 is 0. The molecule has 11 heteroatoms. The van der Waals surface area contributed by atoms with Crippen LogP contribution in [0.2, 0.25) is 25.7 Å². The van der Waals surface area contributed by atoms with Gasteiger partial charge in [0, 0.05) is 50.9 Å². The Labute approximate surface area is 282 Å². The molecular weight excluding hydrogens is 613 g/mol. The molecule has 3 amide bonds. The van der Waals surface area contributed by atoms with Crippen LogP contribution < -0.4 is 15.4 Å². The first-order valence-electron chi connectivity index (χ1n) is 16.8. The molecule has 0 spiro atoms. The van der Waals surface area contributed by atoms with Crippen LogP contribution >= 0.6 is 0 Å². The van der Waals surface area contributed by atoms with Gasteiger partial charge in [-0.25, -0.2) is 9.59 Å². The third kappa shape index (κ3) is 14.0. The Bertz CT molecular complexity index is 1330. The maximum absolute atomic E-state index is 13.5. The van der Waals surface area contributed by atoms with Crippen LogP contribution in [0.3, 0.4) is 0 Å². The molecule has 1 aromatic heterocycles. The van der Waals surface area contributed by atoms with Crippen LogP contribution in [-0.4, -0.2) is 74.0 Å². The first kappa shape index (κ1) is 37.9. The average Bonchev–Trinajstić information content (AvgIpc) is 2.95. The van der Waals surface area contributed by atoms with E-state index < -0.39 is 25.8 Å². The van der Waals surface area contributed by atoms with Crippen molar-refractivity contribution in [3.63, 3.8) is 0 Å². The van der Waals surface area contributed by atoms with Crippen LogP contribution in [0.4, 0.5) is 15.3 Å². The first-order chi connectivity index (χ1) is 21.9. The zero-order valence-electron chi connectivity index (χ0n) is 29.9. The number of rotatable bonds is 12. The van der Waals surface area contributed by atoms with E-state index in [1.54, 1.807) is 33.2 Å². The quantitative estimate of drug-likeness (QED) is 0.220. The number of aromatic nitrogens is 1. The minimum absolute atomic E-state index is 0.204. The normalized spacial score (nSPS) is 15.0. The highest BCUT2D eigenvalue weighted by molar-refractivity contribution is 6.76. The molecule has 1 fully saturated rings. The fourth-order valence-electron chi connectivity index (χ4n) is 5.27. The summed E-state index contributed by atoms with van der Waals surface area (Å²) in [6, 6.07) is 9.60. The molecule has 0 bridgehead atoms. The minimum Gasteiger partial charge on any atom is -0.493 e. The molecule has 0 radical (unpaired) electrons. The highest BCUT2D eigenvalue weighted by Crippen LogP contribution is 2.33. The third-order valence-corrected chi connectivity index (χ3v) is 9.50. The number of hydrogen-bond donors (Lipinski definition) is 2. The van der Waals surface area contributed by atoms with Crippen molar-refractivity contribution >= 4 is 31.9 Å². The zero-order valence-corrected chi connectivity index (χ0v) is 30.9. The molecular formula is C36H56N4O6Si. The average molecular weight is 669 g/mol. The van der Waals surface area contributed by atoms with Crippen molar-refractivity contribution in [2.75, 3.05) is 31.6 Å². The van der Waals surface area contributed by atoms with Crippen LogP contribution in [0.25, 0.3) is 11.1 Å². The van der Waals surface area contributed by atoms with Gasteiger partial charge < -0.3 is 29.7 Å². The van der Waals surface area contributed by atoms with Gasteiger partial charge >= 0.3 is 12.2 Å². The predicted molar refractivity (Wildman–Crippen MR) is 189 cm³/mol. The number of carbonyl (C=O) groups is 3. The number of carbonyl (C=O) groups excluding carboxylic acids is 3. The van der Waals surface area contributed by atoms with E-state index in [4.69, 9.17) is 14.2 Å². The molecule has 2 N–H and O–H groups in total. The van der Waals surface area contributed by atoms with Gasteiger partial charge in [0.05, 0.1) is 13.2 Å². The van der Waals surface area contributed by atoms with Crippen molar-refractivity contribution in [3.8, 4) is 16.9 Å². The summed E-state index contributed by atoms with van der Waals surface area (Å²) in [4.78, 5) is 44.6. The topological polar surface area (TPSA) is 119 Å². The summed E-state index contributed by atoms with van der Waals surface area (Å²) in [5.74, 6) is 0.745. The number of hydrogen-bond acceptors (Lipinski definition) is 7. The monoisotopic (exact) mass is 668 g/mol. The highest BCUT2D eigenvalue weighted by atomic mass is 28.3. The number of piperidine rings is 1. The van der Waals surface area contributed by atoms with Crippen LogP contribution in [-0.2, 0) is 14.3 Å². The van der Waals surface area contributed by atoms with Gasteiger partial charge in [-0.05, 0) is 93.7 Å². The van der Waals surface area contributed by atoms with Crippen molar-refractivity contribution in [1.82, 2.24) is 15.2 Å². The molecule has 47 heavy (non-hydrogen) atoms. The number of alkyl carbamates (subject to hydrolysis) is 1. The number of benzene rings is 1. The lowest BCUT2D eigenvalue weighted by molar-refractivity contribution is -0.118. The number of ether oxygens (including phenoxy) is 3. The van der Waals surface area contributed by atoms with Gasteiger partial charge in [0.1, 0.15) is 17.4 Å². The second-order valence-electron chi connectivity index (χ2n) is 15.9. The molecule has 1 aliphatic rings. The molecule has 10 nitrogen and oxygen atoms in total. The summed E-state index contributed by atoms with van der Waals surface area (Å²) in [7, 11) is -1.25. The second-order valence-corrected chi connectivity index (χ2v) is 21.5. The van der Waals surface area contributed by atoms with E-state index in [0.29, 0.717) is 50.1 Å². The van der Waals surface area contributed by atoms with E-state index in [1.165, 1.54) is 0 Å². The molecule has 0 aliphatic carbocycles. The van der Waals surface area contributed by atoms with Gasteiger partial charge in [-0.2, -0.15) is 0 Å². The van der Waals surface area contributed by atoms with E-state index in [-0.39, 0.29) is 17.4 Å². The summed E-state index contributed by atoms with van der Waals surface area (Å²) in [5, 5.41) is 5.74. The molecule has 2 heterocycles. The van der Waals surface area contributed by atoms with Crippen molar-refractivity contribution in [3.05, 3.63) is 42.7 Å². The Morgan fingerprint density at radius 3 is 2.23 bits per heavy atom.